The zero-order valence-electron chi connectivity index (χ0n) is 21.6. The van der Waals surface area contributed by atoms with Crippen LogP contribution < -0.4 is 0 Å². The lowest BCUT2D eigenvalue weighted by Gasteiger charge is -2.07. The number of ether oxygens (including phenoxy) is 1. The van der Waals surface area contributed by atoms with Crippen LogP contribution in [0.4, 0.5) is 0 Å². The Morgan fingerprint density at radius 2 is 1.11 bits per heavy atom. The van der Waals surface area contributed by atoms with E-state index in [0.29, 0.717) is 23.3 Å². The number of fused-ring (bicyclic) bond motifs is 1. The lowest BCUT2D eigenvalue weighted by atomic mass is 10.0. The Kier molecular flexibility index (Phi) is 14.2. The maximum atomic E-state index is 12.4. The molecule has 0 radical (unpaired) electrons. The van der Waals surface area contributed by atoms with Gasteiger partial charge in [-0.3, -0.25) is 0 Å². The largest absolute Gasteiger partial charge is 0.462 e. The minimum absolute atomic E-state index is 0.318. The molecule has 0 unspecified atom stereocenters. The van der Waals surface area contributed by atoms with Gasteiger partial charge in [0.15, 0.2) is 0 Å². The number of nitriles is 2. The molecule has 0 aliphatic carbocycles. The molecule has 2 aromatic rings. The molecule has 188 valence electrons. The maximum Gasteiger partial charge on any atom is 0.338 e. The second-order valence-corrected chi connectivity index (χ2v) is 9.62. The third-order valence-corrected chi connectivity index (χ3v) is 6.68. The Labute approximate surface area is 212 Å². The Bertz CT molecular complexity index is 984. The van der Waals surface area contributed by atoms with Crippen LogP contribution in [0.1, 0.15) is 131 Å². The van der Waals surface area contributed by atoms with Crippen LogP contribution in [0, 0.1) is 22.7 Å². The van der Waals surface area contributed by atoms with Crippen LogP contribution >= 0.6 is 0 Å². The molecule has 2 aromatic carbocycles. The molecule has 0 spiro atoms. The molecule has 0 bridgehead atoms. The molecule has 0 atom stereocenters. The van der Waals surface area contributed by atoms with E-state index in [1.165, 1.54) is 89.9 Å². The van der Waals surface area contributed by atoms with Crippen molar-refractivity contribution < 1.29 is 9.53 Å². The van der Waals surface area contributed by atoms with Gasteiger partial charge in [0.2, 0.25) is 0 Å². The molecule has 0 amide bonds. The number of benzene rings is 2. The van der Waals surface area contributed by atoms with E-state index in [1.54, 1.807) is 30.3 Å². The van der Waals surface area contributed by atoms with Crippen molar-refractivity contribution in [2.24, 2.45) is 0 Å². The van der Waals surface area contributed by atoms with Crippen molar-refractivity contribution in [1.29, 1.82) is 10.5 Å². The molecule has 4 nitrogen and oxygen atoms in total. The third-order valence-electron chi connectivity index (χ3n) is 6.68. The van der Waals surface area contributed by atoms with E-state index in [9.17, 15) is 10.1 Å². The molecule has 4 heteroatoms. The summed E-state index contributed by atoms with van der Waals surface area (Å²) in [5.74, 6) is -0.337. The molecule has 0 aliphatic rings. The van der Waals surface area contributed by atoms with E-state index in [4.69, 9.17) is 10.00 Å². The summed E-state index contributed by atoms with van der Waals surface area (Å²) >= 11 is 0. The van der Waals surface area contributed by atoms with E-state index >= 15 is 0 Å². The van der Waals surface area contributed by atoms with Gasteiger partial charge in [-0.05, 0) is 41.5 Å². The number of unbranched alkanes of at least 4 members (excludes halogenated alkanes) is 15. The minimum Gasteiger partial charge on any atom is -0.462 e. The normalized spacial score (nSPS) is 10.7. The highest BCUT2D eigenvalue weighted by molar-refractivity contribution is 5.96. The molecule has 0 saturated heterocycles. The highest BCUT2D eigenvalue weighted by Crippen LogP contribution is 2.21. The van der Waals surface area contributed by atoms with Gasteiger partial charge in [-0.15, -0.1) is 0 Å². The van der Waals surface area contributed by atoms with E-state index in [0.717, 1.165) is 23.6 Å². The molecule has 0 aliphatic heterocycles. The number of carbonyl (C=O) groups is 1. The summed E-state index contributed by atoms with van der Waals surface area (Å²) in [6, 6.07) is 12.6. The summed E-state index contributed by atoms with van der Waals surface area (Å²) in [6.07, 6.45) is 21.1. The highest BCUT2D eigenvalue weighted by atomic mass is 16.5. The van der Waals surface area contributed by atoms with Gasteiger partial charge in [-0.1, -0.05) is 109 Å². The van der Waals surface area contributed by atoms with Crippen molar-refractivity contribution in [2.75, 3.05) is 6.61 Å². The van der Waals surface area contributed by atoms with Crippen molar-refractivity contribution >= 4 is 16.7 Å². The van der Waals surface area contributed by atoms with E-state index in [-0.39, 0.29) is 5.97 Å². The first-order valence-electron chi connectivity index (χ1n) is 13.7. The first-order valence-corrected chi connectivity index (χ1v) is 13.7. The molecule has 0 saturated carbocycles. The average molecular weight is 475 g/mol. The summed E-state index contributed by atoms with van der Waals surface area (Å²) in [6.45, 7) is 2.71. The summed E-state index contributed by atoms with van der Waals surface area (Å²) in [5, 5.41) is 20.0. The zero-order valence-corrected chi connectivity index (χ0v) is 21.6. The quantitative estimate of drug-likeness (QED) is 0.159. The van der Waals surface area contributed by atoms with Crippen LogP contribution in [-0.4, -0.2) is 12.6 Å². The van der Waals surface area contributed by atoms with Crippen LogP contribution in [0.5, 0.6) is 0 Å². The lowest BCUT2D eigenvalue weighted by molar-refractivity contribution is 0.0498. The van der Waals surface area contributed by atoms with Gasteiger partial charge >= 0.3 is 5.97 Å². The Hall–Kier alpha value is -2.85. The maximum absolute atomic E-state index is 12.4. The van der Waals surface area contributed by atoms with Crippen molar-refractivity contribution in [1.82, 2.24) is 0 Å². The van der Waals surface area contributed by atoms with Crippen LogP contribution in [0.25, 0.3) is 10.8 Å². The number of carbonyl (C=O) groups excluding carboxylic acids is 1. The zero-order chi connectivity index (χ0) is 25.1. The monoisotopic (exact) mass is 474 g/mol. The Morgan fingerprint density at radius 1 is 0.657 bits per heavy atom. The minimum atomic E-state index is -0.337. The number of rotatable bonds is 18. The standard InChI is InChI=1S/C31H42N2O2/c1-2-3-4-5-6-7-8-9-10-11-12-13-14-15-16-17-20-35-31(34)27-19-18-26-21-29(24-32)30(25-33)23-28(26)22-27/h18-19,21-23H,2-17,20H2,1H3. The molecular weight excluding hydrogens is 432 g/mol. The van der Waals surface area contributed by atoms with Gasteiger partial charge in [-0.25, -0.2) is 4.79 Å². The van der Waals surface area contributed by atoms with Gasteiger partial charge in [0.25, 0.3) is 0 Å². The van der Waals surface area contributed by atoms with E-state index in [1.807, 2.05) is 12.1 Å². The second-order valence-electron chi connectivity index (χ2n) is 9.62. The van der Waals surface area contributed by atoms with Gasteiger partial charge < -0.3 is 4.74 Å². The average Bonchev–Trinajstić information content (AvgIpc) is 2.89. The predicted octanol–water partition coefficient (Wildman–Crippen LogP) is 9.00. The molecular formula is C31H42N2O2. The van der Waals surface area contributed by atoms with Crippen LogP contribution in [0.15, 0.2) is 30.3 Å². The number of esters is 1. The van der Waals surface area contributed by atoms with Gasteiger partial charge in [0, 0.05) is 0 Å². The van der Waals surface area contributed by atoms with Gasteiger partial charge in [-0.2, -0.15) is 10.5 Å². The lowest BCUT2D eigenvalue weighted by Crippen LogP contribution is -2.06. The van der Waals surface area contributed by atoms with Crippen LogP contribution in [0.3, 0.4) is 0 Å². The SMILES string of the molecule is CCCCCCCCCCCCCCCCCCOC(=O)c1ccc2cc(C#N)c(C#N)cc2c1. The molecule has 0 aromatic heterocycles. The van der Waals surface area contributed by atoms with Crippen LogP contribution in [0.2, 0.25) is 0 Å². The molecule has 0 N–H and O–H groups in total. The van der Waals surface area contributed by atoms with Gasteiger partial charge in [0.05, 0.1) is 23.3 Å². The van der Waals surface area contributed by atoms with E-state index < -0.39 is 0 Å². The Morgan fingerprint density at radius 3 is 1.60 bits per heavy atom. The van der Waals surface area contributed by atoms with Crippen molar-refractivity contribution in [3.05, 3.63) is 47.0 Å². The summed E-state index contributed by atoms with van der Waals surface area (Å²) in [7, 11) is 0. The molecule has 2 rings (SSSR count). The topological polar surface area (TPSA) is 73.9 Å². The van der Waals surface area contributed by atoms with Crippen molar-refractivity contribution in [3.63, 3.8) is 0 Å². The predicted molar refractivity (Wildman–Crippen MR) is 143 cm³/mol. The molecule has 35 heavy (non-hydrogen) atoms. The Balaban J connectivity index is 1.49. The smallest absolute Gasteiger partial charge is 0.338 e. The summed E-state index contributed by atoms with van der Waals surface area (Å²) in [5.41, 5.74) is 1.14. The van der Waals surface area contributed by atoms with Crippen molar-refractivity contribution in [2.45, 2.75) is 110 Å². The number of nitrogens with zero attached hydrogens (tertiary/aromatic N) is 2. The fraction of sp³-hybridized carbons (Fsp3) is 0.581. The molecule has 0 fully saturated rings. The number of hydrogen-bond acceptors (Lipinski definition) is 4. The summed E-state index contributed by atoms with van der Waals surface area (Å²) < 4.78 is 5.44. The first-order chi connectivity index (χ1) is 17.2. The first kappa shape index (κ1) is 28.4. The summed E-state index contributed by atoms with van der Waals surface area (Å²) in [4.78, 5) is 12.4. The van der Waals surface area contributed by atoms with Gasteiger partial charge in [0.1, 0.15) is 12.1 Å². The van der Waals surface area contributed by atoms with Crippen LogP contribution in [-0.2, 0) is 4.74 Å². The highest BCUT2D eigenvalue weighted by Gasteiger charge is 2.10. The fourth-order valence-electron chi connectivity index (χ4n) is 4.51. The third kappa shape index (κ3) is 11.0. The van der Waals surface area contributed by atoms with Crippen molar-refractivity contribution in [3.8, 4) is 12.1 Å². The van der Waals surface area contributed by atoms with E-state index in [2.05, 4.69) is 6.92 Å². The second kappa shape index (κ2) is 17.6. The molecule has 0 heterocycles. The fourth-order valence-corrected chi connectivity index (χ4v) is 4.51. The number of hydrogen-bond donors (Lipinski definition) is 0.